The van der Waals surface area contributed by atoms with E-state index in [-0.39, 0.29) is 21.7 Å². The summed E-state index contributed by atoms with van der Waals surface area (Å²) in [6.07, 6.45) is 0. The molecule has 4 amide bonds. The number of anilines is 2. The Labute approximate surface area is 212 Å². The van der Waals surface area contributed by atoms with Gasteiger partial charge in [0, 0.05) is 11.4 Å². The number of carbonyl (C=O) groups is 2. The molecule has 192 valence electrons. The van der Waals surface area contributed by atoms with Crippen LogP contribution < -0.4 is 16.0 Å². The lowest BCUT2D eigenvalue weighted by Crippen LogP contribution is -2.38. The van der Waals surface area contributed by atoms with E-state index in [9.17, 15) is 9.59 Å². The minimum Gasteiger partial charge on any atom is -0.307 e. The largest absolute Gasteiger partial charge is 0.327 e. The van der Waals surface area contributed by atoms with Gasteiger partial charge in [-0.05, 0) is 56.0 Å². The van der Waals surface area contributed by atoms with Gasteiger partial charge in [-0.2, -0.15) is 0 Å². The highest BCUT2D eigenvalue weighted by Gasteiger charge is 2.25. The van der Waals surface area contributed by atoms with Gasteiger partial charge in [0.25, 0.3) is 0 Å². The van der Waals surface area contributed by atoms with Gasteiger partial charge >= 0.3 is 12.1 Å². The molecule has 0 saturated carbocycles. The topological polar surface area (TPSA) is 70.2 Å². The molecule has 2 rings (SSSR count). The Kier molecular flexibility index (Phi) is 7.86. The van der Waals surface area contributed by atoms with Crippen LogP contribution in [-0.4, -0.2) is 12.1 Å². The molecule has 0 fully saturated rings. The van der Waals surface area contributed by atoms with Crippen molar-refractivity contribution in [2.45, 2.75) is 105 Å². The molecule has 35 heavy (non-hydrogen) atoms. The van der Waals surface area contributed by atoms with Crippen molar-refractivity contribution in [3.05, 3.63) is 58.7 Å². The zero-order valence-electron chi connectivity index (χ0n) is 23.8. The highest BCUT2D eigenvalue weighted by atomic mass is 16.2. The summed E-state index contributed by atoms with van der Waals surface area (Å²) in [5.41, 5.74) is 5.18. The standard InChI is InChI=1S/C30H45N3O2/c1-27(2,3)19-13-15-21(29(7,8)9)23(17-19)31-25(34)33-26(35)32-24-18-20(28(4,5)6)14-16-22(24)30(10,11)12/h13-18H,1-12H3,(H3,31,32,33,34,35). The second kappa shape index (κ2) is 9.67. The lowest BCUT2D eigenvalue weighted by atomic mass is 9.81. The summed E-state index contributed by atoms with van der Waals surface area (Å²) in [6.45, 7) is 25.4. The molecular formula is C30H45N3O2. The van der Waals surface area contributed by atoms with Gasteiger partial charge < -0.3 is 10.6 Å². The summed E-state index contributed by atoms with van der Waals surface area (Å²) in [6, 6.07) is 11.2. The molecule has 5 nitrogen and oxygen atoms in total. The molecular weight excluding hydrogens is 434 g/mol. The van der Waals surface area contributed by atoms with E-state index in [0.717, 1.165) is 22.3 Å². The molecule has 0 aliphatic rings. The van der Waals surface area contributed by atoms with Crippen LogP contribution in [0.3, 0.4) is 0 Å². The summed E-state index contributed by atoms with van der Waals surface area (Å²) in [4.78, 5) is 25.8. The number of hydrogen-bond acceptors (Lipinski definition) is 2. The maximum Gasteiger partial charge on any atom is 0.327 e. The third-order valence-electron chi connectivity index (χ3n) is 6.11. The number of urea groups is 2. The van der Waals surface area contributed by atoms with Crippen molar-refractivity contribution in [1.82, 2.24) is 5.32 Å². The van der Waals surface area contributed by atoms with Crippen LogP contribution in [0.2, 0.25) is 0 Å². The van der Waals surface area contributed by atoms with E-state index in [1.807, 2.05) is 12.1 Å². The van der Waals surface area contributed by atoms with Crippen LogP contribution in [0, 0.1) is 0 Å². The molecule has 0 aliphatic carbocycles. The van der Waals surface area contributed by atoms with Gasteiger partial charge in [-0.1, -0.05) is 107 Å². The molecule has 5 heteroatoms. The SMILES string of the molecule is CC(C)(C)c1ccc(C(C)(C)C)c(NC(=O)NC(=O)Nc2cc(C(C)(C)C)ccc2C(C)(C)C)c1. The molecule has 0 aromatic heterocycles. The molecule has 0 radical (unpaired) electrons. The lowest BCUT2D eigenvalue weighted by Gasteiger charge is -2.27. The predicted octanol–water partition coefficient (Wildman–Crippen LogP) is 8.23. The lowest BCUT2D eigenvalue weighted by molar-refractivity contribution is 0.240. The first kappa shape index (κ1) is 28.4. The molecule has 2 aromatic rings. The molecule has 0 atom stereocenters. The van der Waals surface area contributed by atoms with Crippen molar-refractivity contribution in [2.24, 2.45) is 0 Å². The first-order chi connectivity index (χ1) is 15.7. The van der Waals surface area contributed by atoms with Crippen molar-refractivity contribution in [1.29, 1.82) is 0 Å². The quantitative estimate of drug-likeness (QED) is 0.406. The zero-order chi connectivity index (χ0) is 27.0. The number of rotatable bonds is 2. The summed E-state index contributed by atoms with van der Waals surface area (Å²) < 4.78 is 0. The smallest absolute Gasteiger partial charge is 0.307 e. The van der Waals surface area contributed by atoms with Crippen LogP contribution in [0.1, 0.15) is 105 Å². The molecule has 0 bridgehead atoms. The fourth-order valence-electron chi connectivity index (χ4n) is 3.95. The van der Waals surface area contributed by atoms with Gasteiger partial charge in [-0.3, -0.25) is 5.32 Å². The molecule has 0 saturated heterocycles. The van der Waals surface area contributed by atoms with Gasteiger partial charge in [-0.15, -0.1) is 0 Å². The Bertz CT molecular complexity index is 1000. The maximum absolute atomic E-state index is 12.9. The third-order valence-corrected chi connectivity index (χ3v) is 6.11. The molecule has 3 N–H and O–H groups in total. The molecule has 0 heterocycles. The number of hydrogen-bond donors (Lipinski definition) is 3. The highest BCUT2D eigenvalue weighted by Crippen LogP contribution is 2.35. The highest BCUT2D eigenvalue weighted by molar-refractivity contribution is 6.05. The second-order valence-corrected chi connectivity index (χ2v) is 13.6. The second-order valence-electron chi connectivity index (χ2n) is 13.6. The number of amides is 4. The average Bonchev–Trinajstić information content (AvgIpc) is 2.64. The molecule has 0 spiro atoms. The van der Waals surface area contributed by atoms with E-state index in [1.54, 1.807) is 0 Å². The van der Waals surface area contributed by atoms with E-state index in [0.29, 0.717) is 11.4 Å². The van der Waals surface area contributed by atoms with Crippen LogP contribution in [-0.2, 0) is 21.7 Å². The zero-order valence-corrected chi connectivity index (χ0v) is 23.8. The number of benzene rings is 2. The van der Waals surface area contributed by atoms with Crippen LogP contribution in [0.4, 0.5) is 21.0 Å². The monoisotopic (exact) mass is 479 g/mol. The number of nitrogens with one attached hydrogen (secondary N) is 3. The Morgan fingerprint density at radius 1 is 0.514 bits per heavy atom. The van der Waals surface area contributed by atoms with Crippen molar-refractivity contribution in [3.63, 3.8) is 0 Å². The summed E-state index contributed by atoms with van der Waals surface area (Å²) in [7, 11) is 0. The number of carbonyl (C=O) groups excluding carboxylic acids is 2. The van der Waals surface area contributed by atoms with E-state index < -0.39 is 12.1 Å². The average molecular weight is 480 g/mol. The van der Waals surface area contributed by atoms with Gasteiger partial charge in [0.2, 0.25) is 0 Å². The first-order valence-corrected chi connectivity index (χ1v) is 12.4. The van der Waals surface area contributed by atoms with E-state index in [4.69, 9.17) is 0 Å². The van der Waals surface area contributed by atoms with E-state index in [1.165, 1.54) is 0 Å². The summed E-state index contributed by atoms with van der Waals surface area (Å²) in [5.74, 6) is 0. The maximum atomic E-state index is 12.9. The Hall–Kier alpha value is -2.82. The van der Waals surface area contributed by atoms with Crippen LogP contribution >= 0.6 is 0 Å². The van der Waals surface area contributed by atoms with Gasteiger partial charge in [-0.25, -0.2) is 9.59 Å². The normalized spacial score (nSPS) is 12.8. The summed E-state index contributed by atoms with van der Waals surface area (Å²) in [5, 5.41) is 8.28. The van der Waals surface area contributed by atoms with Crippen molar-refractivity contribution < 1.29 is 9.59 Å². The van der Waals surface area contributed by atoms with Crippen molar-refractivity contribution in [2.75, 3.05) is 10.6 Å². The Balaban J connectivity index is 2.30. The predicted molar refractivity (Wildman–Crippen MR) is 149 cm³/mol. The summed E-state index contributed by atoms with van der Waals surface area (Å²) >= 11 is 0. The van der Waals surface area contributed by atoms with Crippen LogP contribution in [0.15, 0.2) is 36.4 Å². The Morgan fingerprint density at radius 2 is 0.829 bits per heavy atom. The molecule has 0 unspecified atom stereocenters. The van der Waals surface area contributed by atoms with E-state index in [2.05, 4.69) is 123 Å². The van der Waals surface area contributed by atoms with Gasteiger partial charge in [0.05, 0.1) is 0 Å². The van der Waals surface area contributed by atoms with Crippen LogP contribution in [0.5, 0.6) is 0 Å². The van der Waals surface area contributed by atoms with E-state index >= 15 is 0 Å². The minimum absolute atomic E-state index is 0.0673. The minimum atomic E-state index is -0.566. The molecule has 2 aromatic carbocycles. The van der Waals surface area contributed by atoms with Crippen LogP contribution in [0.25, 0.3) is 0 Å². The molecule has 0 aliphatic heterocycles. The van der Waals surface area contributed by atoms with Gasteiger partial charge in [0.15, 0.2) is 0 Å². The first-order valence-electron chi connectivity index (χ1n) is 12.4. The third kappa shape index (κ3) is 7.58. The Morgan fingerprint density at radius 3 is 1.09 bits per heavy atom. The van der Waals surface area contributed by atoms with Crippen molar-refractivity contribution in [3.8, 4) is 0 Å². The fourth-order valence-corrected chi connectivity index (χ4v) is 3.95. The number of imide groups is 1. The van der Waals surface area contributed by atoms with Crippen molar-refractivity contribution >= 4 is 23.4 Å². The fraction of sp³-hybridized carbons (Fsp3) is 0.533. The van der Waals surface area contributed by atoms with Gasteiger partial charge in [0.1, 0.15) is 0 Å².